The standard InChI is InChI=1S/C14H11ClN2O/c1-17-13-11(15)3-2-4-12(13)16-14(17)9-5-7-10(18)8-6-9/h2-8,18H,1H3. The number of para-hydroxylation sites is 1. The molecular formula is C14H11ClN2O. The first kappa shape index (κ1) is 11.1. The first-order valence-corrected chi connectivity index (χ1v) is 5.95. The van der Waals surface area contributed by atoms with Gasteiger partial charge in [-0.25, -0.2) is 4.98 Å². The molecule has 1 N–H and O–H groups in total. The van der Waals surface area contributed by atoms with Crippen LogP contribution in [0.3, 0.4) is 0 Å². The smallest absolute Gasteiger partial charge is 0.140 e. The molecule has 0 fully saturated rings. The summed E-state index contributed by atoms with van der Waals surface area (Å²) in [6, 6.07) is 12.6. The summed E-state index contributed by atoms with van der Waals surface area (Å²) in [5.74, 6) is 1.08. The molecule has 3 aromatic rings. The van der Waals surface area contributed by atoms with E-state index in [2.05, 4.69) is 4.98 Å². The number of phenolic OH excluding ortho intramolecular Hbond substituents is 1. The molecule has 0 amide bonds. The molecule has 0 aliphatic heterocycles. The number of aryl methyl sites for hydroxylation is 1. The third kappa shape index (κ3) is 1.64. The molecule has 18 heavy (non-hydrogen) atoms. The molecule has 0 saturated carbocycles. The van der Waals surface area contributed by atoms with E-state index in [1.807, 2.05) is 41.9 Å². The molecule has 0 radical (unpaired) electrons. The first-order valence-electron chi connectivity index (χ1n) is 5.57. The molecule has 1 heterocycles. The quantitative estimate of drug-likeness (QED) is 0.724. The van der Waals surface area contributed by atoms with Crippen LogP contribution in [0.1, 0.15) is 0 Å². The van der Waals surface area contributed by atoms with Gasteiger partial charge in [0.05, 0.1) is 16.1 Å². The van der Waals surface area contributed by atoms with Crippen molar-refractivity contribution in [2.75, 3.05) is 0 Å². The molecule has 0 atom stereocenters. The Bertz CT molecular complexity index is 716. The highest BCUT2D eigenvalue weighted by Gasteiger charge is 2.11. The predicted molar refractivity (Wildman–Crippen MR) is 72.8 cm³/mol. The Morgan fingerprint density at radius 1 is 1.11 bits per heavy atom. The minimum atomic E-state index is 0.246. The van der Waals surface area contributed by atoms with E-state index in [4.69, 9.17) is 11.6 Å². The summed E-state index contributed by atoms with van der Waals surface area (Å²) in [5.41, 5.74) is 2.73. The molecule has 0 unspecified atom stereocenters. The maximum absolute atomic E-state index is 9.31. The van der Waals surface area contributed by atoms with Crippen LogP contribution in [0.2, 0.25) is 5.02 Å². The fourth-order valence-electron chi connectivity index (χ4n) is 2.09. The third-order valence-corrected chi connectivity index (χ3v) is 3.28. The molecule has 0 bridgehead atoms. The third-order valence-electron chi connectivity index (χ3n) is 2.97. The molecule has 0 aliphatic rings. The Balaban J connectivity index is 2.27. The number of fused-ring (bicyclic) bond motifs is 1. The van der Waals surface area contributed by atoms with Crippen LogP contribution in [-0.2, 0) is 7.05 Å². The number of nitrogens with zero attached hydrogens (tertiary/aromatic N) is 2. The Hall–Kier alpha value is -2.00. The highest BCUT2D eigenvalue weighted by Crippen LogP contribution is 2.28. The van der Waals surface area contributed by atoms with Crippen molar-refractivity contribution in [1.82, 2.24) is 9.55 Å². The van der Waals surface area contributed by atoms with Gasteiger partial charge in [-0.1, -0.05) is 17.7 Å². The van der Waals surface area contributed by atoms with Gasteiger partial charge in [-0.15, -0.1) is 0 Å². The number of hydrogen-bond acceptors (Lipinski definition) is 2. The highest BCUT2D eigenvalue weighted by molar-refractivity contribution is 6.35. The zero-order valence-corrected chi connectivity index (χ0v) is 10.5. The van der Waals surface area contributed by atoms with Gasteiger partial charge in [-0.05, 0) is 36.4 Å². The molecule has 1 aromatic heterocycles. The van der Waals surface area contributed by atoms with E-state index in [-0.39, 0.29) is 5.75 Å². The molecule has 3 nitrogen and oxygen atoms in total. The Labute approximate surface area is 109 Å². The first-order chi connectivity index (χ1) is 8.66. The SMILES string of the molecule is Cn1c(-c2ccc(O)cc2)nc2cccc(Cl)c21. The van der Waals surface area contributed by atoms with Crippen LogP contribution in [0.15, 0.2) is 42.5 Å². The molecule has 0 spiro atoms. The van der Waals surface area contributed by atoms with Crippen LogP contribution in [-0.4, -0.2) is 14.7 Å². The Morgan fingerprint density at radius 3 is 2.50 bits per heavy atom. The van der Waals surface area contributed by atoms with Crippen LogP contribution >= 0.6 is 11.6 Å². The van der Waals surface area contributed by atoms with E-state index in [1.165, 1.54) is 0 Å². The summed E-state index contributed by atoms with van der Waals surface area (Å²) < 4.78 is 1.96. The fraction of sp³-hybridized carbons (Fsp3) is 0.0714. The zero-order chi connectivity index (χ0) is 12.7. The molecule has 3 rings (SSSR count). The van der Waals surface area contributed by atoms with Gasteiger partial charge in [-0.2, -0.15) is 0 Å². The van der Waals surface area contributed by atoms with Crippen molar-refractivity contribution >= 4 is 22.6 Å². The normalized spacial score (nSPS) is 11.0. The summed E-state index contributed by atoms with van der Waals surface area (Å²) in [4.78, 5) is 4.57. The van der Waals surface area contributed by atoms with Crippen molar-refractivity contribution in [3.05, 3.63) is 47.5 Å². The number of hydrogen-bond donors (Lipinski definition) is 1. The molecule has 2 aromatic carbocycles. The second kappa shape index (κ2) is 4.03. The number of aromatic hydroxyl groups is 1. The average molecular weight is 259 g/mol. The fourth-order valence-corrected chi connectivity index (χ4v) is 2.39. The Morgan fingerprint density at radius 2 is 1.83 bits per heavy atom. The largest absolute Gasteiger partial charge is 0.508 e. The lowest BCUT2D eigenvalue weighted by atomic mass is 10.2. The van der Waals surface area contributed by atoms with E-state index >= 15 is 0 Å². The number of phenols is 1. The minimum Gasteiger partial charge on any atom is -0.508 e. The number of rotatable bonds is 1. The lowest BCUT2D eigenvalue weighted by Crippen LogP contribution is -1.92. The summed E-state index contributed by atoms with van der Waals surface area (Å²) in [5, 5.41) is 10.00. The Kier molecular flexibility index (Phi) is 2.49. The van der Waals surface area contributed by atoms with Gasteiger partial charge < -0.3 is 9.67 Å². The summed E-state index contributed by atoms with van der Waals surface area (Å²) in [6.45, 7) is 0. The van der Waals surface area contributed by atoms with Crippen LogP contribution in [0, 0.1) is 0 Å². The molecule has 4 heteroatoms. The van der Waals surface area contributed by atoms with Gasteiger partial charge in [0, 0.05) is 12.6 Å². The van der Waals surface area contributed by atoms with E-state index in [9.17, 15) is 5.11 Å². The van der Waals surface area contributed by atoms with Crippen LogP contribution in [0.25, 0.3) is 22.4 Å². The van der Waals surface area contributed by atoms with Gasteiger partial charge in [-0.3, -0.25) is 0 Å². The lowest BCUT2D eigenvalue weighted by molar-refractivity contribution is 0.475. The monoisotopic (exact) mass is 258 g/mol. The second-order valence-electron chi connectivity index (χ2n) is 4.15. The van der Waals surface area contributed by atoms with Gasteiger partial charge >= 0.3 is 0 Å². The van der Waals surface area contributed by atoms with E-state index < -0.39 is 0 Å². The van der Waals surface area contributed by atoms with Crippen LogP contribution in [0.5, 0.6) is 5.75 Å². The zero-order valence-electron chi connectivity index (χ0n) is 9.76. The summed E-state index contributed by atoms with van der Waals surface area (Å²) in [7, 11) is 1.93. The van der Waals surface area contributed by atoms with Crippen molar-refractivity contribution in [1.29, 1.82) is 0 Å². The number of imidazole rings is 1. The van der Waals surface area contributed by atoms with Crippen molar-refractivity contribution in [2.24, 2.45) is 7.05 Å². The summed E-state index contributed by atoms with van der Waals surface area (Å²) >= 11 is 6.19. The highest BCUT2D eigenvalue weighted by atomic mass is 35.5. The van der Waals surface area contributed by atoms with E-state index in [1.54, 1.807) is 12.1 Å². The van der Waals surface area contributed by atoms with Gasteiger partial charge in [0.2, 0.25) is 0 Å². The lowest BCUT2D eigenvalue weighted by Gasteiger charge is -2.03. The van der Waals surface area contributed by atoms with Crippen molar-refractivity contribution in [3.8, 4) is 17.1 Å². The topological polar surface area (TPSA) is 38.0 Å². The molecular weight excluding hydrogens is 248 g/mol. The van der Waals surface area contributed by atoms with E-state index in [0.717, 1.165) is 22.4 Å². The van der Waals surface area contributed by atoms with Crippen molar-refractivity contribution in [2.45, 2.75) is 0 Å². The van der Waals surface area contributed by atoms with Gasteiger partial charge in [0.25, 0.3) is 0 Å². The number of benzene rings is 2. The number of halogens is 1. The van der Waals surface area contributed by atoms with Crippen molar-refractivity contribution < 1.29 is 5.11 Å². The molecule has 90 valence electrons. The molecule has 0 aliphatic carbocycles. The minimum absolute atomic E-state index is 0.246. The van der Waals surface area contributed by atoms with E-state index in [0.29, 0.717) is 5.02 Å². The van der Waals surface area contributed by atoms with Crippen molar-refractivity contribution in [3.63, 3.8) is 0 Å². The van der Waals surface area contributed by atoms with Crippen LogP contribution < -0.4 is 0 Å². The summed E-state index contributed by atoms with van der Waals surface area (Å²) in [6.07, 6.45) is 0. The molecule has 0 saturated heterocycles. The number of aromatic nitrogens is 2. The predicted octanol–water partition coefficient (Wildman–Crippen LogP) is 3.60. The average Bonchev–Trinajstić information content (AvgIpc) is 2.69. The second-order valence-corrected chi connectivity index (χ2v) is 4.56. The maximum Gasteiger partial charge on any atom is 0.140 e. The van der Waals surface area contributed by atoms with Gasteiger partial charge in [0.1, 0.15) is 11.6 Å². The van der Waals surface area contributed by atoms with Crippen LogP contribution in [0.4, 0.5) is 0 Å². The maximum atomic E-state index is 9.31. The van der Waals surface area contributed by atoms with Gasteiger partial charge in [0.15, 0.2) is 0 Å².